The van der Waals surface area contributed by atoms with Crippen molar-refractivity contribution < 1.29 is 27.5 Å². The highest BCUT2D eigenvalue weighted by atomic mass is 32.2. The number of anilines is 2. The summed E-state index contributed by atoms with van der Waals surface area (Å²) in [6.07, 6.45) is -0.758. The van der Waals surface area contributed by atoms with Crippen molar-refractivity contribution in [2.75, 3.05) is 49.6 Å². The molecule has 2 aromatic carbocycles. The minimum atomic E-state index is -3.75. The molecule has 2 heterocycles. The van der Waals surface area contributed by atoms with Gasteiger partial charge in [0.2, 0.25) is 10.0 Å². The van der Waals surface area contributed by atoms with Crippen LogP contribution >= 0.6 is 0 Å². The normalized spacial score (nSPS) is 18.6. The molecular formula is C24H29N3O6S. The van der Waals surface area contributed by atoms with Crippen LogP contribution in [0, 0.1) is 0 Å². The van der Waals surface area contributed by atoms with Gasteiger partial charge in [-0.2, -0.15) is 4.31 Å². The number of fused-ring (bicyclic) bond motifs is 1. The Bertz CT molecular complexity index is 1170. The van der Waals surface area contributed by atoms with Crippen molar-refractivity contribution in [3.05, 3.63) is 53.6 Å². The molecule has 2 aliphatic rings. The first kappa shape index (κ1) is 24.2. The highest BCUT2D eigenvalue weighted by molar-refractivity contribution is 7.89. The highest BCUT2D eigenvalue weighted by Gasteiger charge is 2.32. The number of cyclic esters (lactones) is 1. The number of nitrogens with one attached hydrogen (secondary N) is 1. The van der Waals surface area contributed by atoms with Crippen LogP contribution in [0.5, 0.6) is 0 Å². The quantitative estimate of drug-likeness (QED) is 0.598. The minimum absolute atomic E-state index is 0.0894. The molecule has 10 heteroatoms. The van der Waals surface area contributed by atoms with Gasteiger partial charge >= 0.3 is 5.97 Å². The van der Waals surface area contributed by atoms with E-state index in [1.54, 1.807) is 30.3 Å². The Balaban J connectivity index is 1.64. The zero-order chi connectivity index (χ0) is 24.3. The Labute approximate surface area is 199 Å². The van der Waals surface area contributed by atoms with E-state index in [0.29, 0.717) is 43.2 Å². The number of carbonyl (C=O) groups is 2. The minimum Gasteiger partial charge on any atom is -0.448 e. The third-order valence-electron chi connectivity index (χ3n) is 6.12. The Morgan fingerprint density at radius 2 is 1.82 bits per heavy atom. The average molecular weight is 488 g/mol. The van der Waals surface area contributed by atoms with Crippen LogP contribution in [-0.4, -0.2) is 70.1 Å². The second-order valence-electron chi connectivity index (χ2n) is 8.11. The molecule has 2 aliphatic heterocycles. The van der Waals surface area contributed by atoms with Crippen molar-refractivity contribution in [3.8, 4) is 0 Å². The highest BCUT2D eigenvalue weighted by Crippen LogP contribution is 2.31. The van der Waals surface area contributed by atoms with Gasteiger partial charge in [-0.3, -0.25) is 4.79 Å². The smallest absolute Gasteiger partial charge is 0.339 e. The number of amides is 1. The summed E-state index contributed by atoms with van der Waals surface area (Å²) in [5.41, 5.74) is 2.25. The van der Waals surface area contributed by atoms with E-state index in [2.05, 4.69) is 5.32 Å². The maximum absolute atomic E-state index is 13.2. The fourth-order valence-corrected chi connectivity index (χ4v) is 5.68. The number of ether oxygens (including phenoxy) is 2. The van der Waals surface area contributed by atoms with E-state index in [9.17, 15) is 18.0 Å². The van der Waals surface area contributed by atoms with Crippen LogP contribution in [0.25, 0.3) is 0 Å². The molecule has 1 saturated heterocycles. The van der Waals surface area contributed by atoms with Crippen LogP contribution in [0.4, 0.5) is 11.4 Å². The molecule has 0 aliphatic carbocycles. The summed E-state index contributed by atoms with van der Waals surface area (Å²) in [4.78, 5) is 27.6. The third-order valence-corrected chi connectivity index (χ3v) is 8.02. The molecule has 9 nitrogen and oxygen atoms in total. The number of hydrogen-bond donors (Lipinski definition) is 1. The molecule has 1 amide bonds. The zero-order valence-electron chi connectivity index (χ0n) is 19.3. The van der Waals surface area contributed by atoms with E-state index in [1.165, 1.54) is 10.4 Å². The van der Waals surface area contributed by atoms with Gasteiger partial charge in [-0.15, -0.1) is 0 Å². The maximum Gasteiger partial charge on any atom is 0.339 e. The number of nitrogens with zero attached hydrogens (tertiary/aromatic N) is 2. The molecule has 0 spiro atoms. The van der Waals surface area contributed by atoms with Gasteiger partial charge in [0.1, 0.15) is 0 Å². The number of morpholine rings is 1. The Kier molecular flexibility index (Phi) is 7.20. The van der Waals surface area contributed by atoms with E-state index in [-0.39, 0.29) is 24.4 Å². The molecule has 4 rings (SSSR count). The second kappa shape index (κ2) is 10.1. The third kappa shape index (κ3) is 4.79. The lowest BCUT2D eigenvalue weighted by molar-refractivity contribution is -0.125. The molecular weight excluding hydrogens is 458 g/mol. The molecule has 182 valence electrons. The zero-order valence-corrected chi connectivity index (χ0v) is 20.1. The molecule has 0 bridgehead atoms. The lowest BCUT2D eigenvalue weighted by Gasteiger charge is -2.29. The summed E-state index contributed by atoms with van der Waals surface area (Å²) < 4.78 is 38.5. The number of hydrogen-bond acceptors (Lipinski definition) is 7. The van der Waals surface area contributed by atoms with Crippen LogP contribution in [0.2, 0.25) is 0 Å². The van der Waals surface area contributed by atoms with Crippen LogP contribution in [-0.2, 0) is 30.7 Å². The number of rotatable bonds is 7. The molecule has 2 aromatic rings. The SMILES string of the molecule is CCN(CC)c1ccc(S(=O)(=O)N2CCOCC2)cc1NC(=O)C1Cc2ccccc2C(=O)O1. The molecule has 1 fully saturated rings. The summed E-state index contributed by atoms with van der Waals surface area (Å²) in [6.45, 7) is 6.53. The summed E-state index contributed by atoms with van der Waals surface area (Å²) in [6, 6.07) is 11.8. The van der Waals surface area contributed by atoms with Gasteiger partial charge < -0.3 is 19.7 Å². The molecule has 34 heavy (non-hydrogen) atoms. The molecule has 0 aromatic heterocycles. The molecule has 1 N–H and O–H groups in total. The Morgan fingerprint density at radius 1 is 1.12 bits per heavy atom. The van der Waals surface area contributed by atoms with E-state index in [4.69, 9.17) is 9.47 Å². The van der Waals surface area contributed by atoms with Crippen molar-refractivity contribution in [1.82, 2.24) is 4.31 Å². The monoisotopic (exact) mass is 487 g/mol. The first-order chi connectivity index (χ1) is 16.3. The summed E-state index contributed by atoms with van der Waals surface area (Å²) >= 11 is 0. The summed E-state index contributed by atoms with van der Waals surface area (Å²) in [7, 11) is -3.75. The van der Waals surface area contributed by atoms with Gasteiger partial charge in [-0.1, -0.05) is 18.2 Å². The first-order valence-electron chi connectivity index (χ1n) is 11.4. The summed E-state index contributed by atoms with van der Waals surface area (Å²) in [5.74, 6) is -1.05. The van der Waals surface area contributed by atoms with Gasteiger partial charge in [-0.25, -0.2) is 13.2 Å². The summed E-state index contributed by atoms with van der Waals surface area (Å²) in [5, 5.41) is 2.83. The van der Waals surface area contributed by atoms with Crippen molar-refractivity contribution in [3.63, 3.8) is 0 Å². The van der Waals surface area contributed by atoms with E-state index in [1.807, 2.05) is 24.8 Å². The van der Waals surface area contributed by atoms with Gasteiger partial charge in [0.05, 0.1) is 35.0 Å². The number of carbonyl (C=O) groups excluding carboxylic acids is 2. The molecule has 0 radical (unpaired) electrons. The Hall–Kier alpha value is -2.95. The van der Waals surface area contributed by atoms with Gasteiger partial charge in [0, 0.05) is 32.6 Å². The average Bonchev–Trinajstić information content (AvgIpc) is 2.86. The van der Waals surface area contributed by atoms with Crippen LogP contribution in [0.15, 0.2) is 47.4 Å². The van der Waals surface area contributed by atoms with E-state index in [0.717, 1.165) is 5.56 Å². The van der Waals surface area contributed by atoms with Crippen LogP contribution < -0.4 is 10.2 Å². The predicted octanol–water partition coefficient (Wildman–Crippen LogP) is 2.27. The lowest BCUT2D eigenvalue weighted by atomic mass is 9.98. The van der Waals surface area contributed by atoms with Crippen molar-refractivity contribution in [2.45, 2.75) is 31.3 Å². The van der Waals surface area contributed by atoms with Gasteiger partial charge in [0.15, 0.2) is 6.10 Å². The standard InChI is InChI=1S/C24H29N3O6S/c1-3-26(4-2)21-10-9-18(34(30,31)27-11-13-32-14-12-27)16-20(21)25-23(28)22-15-17-7-5-6-8-19(17)24(29)33-22/h5-10,16,22H,3-4,11-15H2,1-2H3,(H,25,28). The van der Waals surface area contributed by atoms with Gasteiger partial charge in [-0.05, 0) is 43.7 Å². The molecule has 1 atom stereocenters. The van der Waals surface area contributed by atoms with Crippen molar-refractivity contribution >= 4 is 33.3 Å². The van der Waals surface area contributed by atoms with E-state index >= 15 is 0 Å². The first-order valence-corrected chi connectivity index (χ1v) is 12.9. The van der Waals surface area contributed by atoms with Crippen molar-refractivity contribution in [1.29, 1.82) is 0 Å². The fourth-order valence-electron chi connectivity index (χ4n) is 4.24. The van der Waals surface area contributed by atoms with E-state index < -0.39 is 28.0 Å². The Morgan fingerprint density at radius 3 is 2.53 bits per heavy atom. The number of benzene rings is 2. The van der Waals surface area contributed by atoms with Gasteiger partial charge in [0.25, 0.3) is 5.91 Å². The molecule has 0 saturated carbocycles. The largest absolute Gasteiger partial charge is 0.448 e. The number of esters is 1. The topological polar surface area (TPSA) is 105 Å². The van der Waals surface area contributed by atoms with Crippen LogP contribution in [0.1, 0.15) is 29.8 Å². The fraction of sp³-hybridized carbons (Fsp3) is 0.417. The lowest BCUT2D eigenvalue weighted by Crippen LogP contribution is -2.40. The van der Waals surface area contributed by atoms with Crippen LogP contribution in [0.3, 0.4) is 0 Å². The second-order valence-corrected chi connectivity index (χ2v) is 10.1. The van der Waals surface area contributed by atoms with Crippen molar-refractivity contribution in [2.24, 2.45) is 0 Å². The predicted molar refractivity (Wildman–Crippen MR) is 128 cm³/mol. The maximum atomic E-state index is 13.2. The number of sulfonamides is 1. The molecule has 1 unspecified atom stereocenters.